The molecule has 0 radical (unpaired) electrons. The summed E-state index contributed by atoms with van der Waals surface area (Å²) in [5, 5.41) is 16.9. The Morgan fingerprint density at radius 2 is 2.32 bits per heavy atom. The number of carbonyl (C=O) groups excluding carboxylic acids is 1. The van der Waals surface area contributed by atoms with Crippen molar-refractivity contribution in [3.63, 3.8) is 0 Å². The van der Waals surface area contributed by atoms with Gasteiger partial charge in [-0.25, -0.2) is 4.79 Å². The molecule has 6 nitrogen and oxygen atoms in total. The van der Waals surface area contributed by atoms with Gasteiger partial charge in [0.2, 0.25) is 0 Å². The summed E-state index contributed by atoms with van der Waals surface area (Å²) in [7, 11) is 0. The van der Waals surface area contributed by atoms with Crippen molar-refractivity contribution in [1.29, 1.82) is 0 Å². The molecule has 2 unspecified atom stereocenters. The molecule has 6 heteroatoms. The molecule has 22 heavy (non-hydrogen) atoms. The summed E-state index contributed by atoms with van der Waals surface area (Å²) >= 11 is 0. The number of aliphatic hydroxyl groups is 1. The van der Waals surface area contributed by atoms with Gasteiger partial charge in [-0.15, -0.1) is 0 Å². The summed E-state index contributed by atoms with van der Waals surface area (Å²) in [6.07, 6.45) is 5.95. The molecule has 2 amide bonds. The number of piperidine rings is 1. The van der Waals surface area contributed by atoms with E-state index in [4.69, 9.17) is 0 Å². The van der Waals surface area contributed by atoms with Crippen LogP contribution in [-0.4, -0.2) is 45.0 Å². The number of nitrogens with one attached hydrogen (secondary N) is 1. The minimum Gasteiger partial charge on any atom is -0.394 e. The van der Waals surface area contributed by atoms with Crippen molar-refractivity contribution in [1.82, 2.24) is 14.7 Å². The Balaban J connectivity index is 2.03. The minimum atomic E-state index is -0.135. The molecule has 0 aromatic carbocycles. The van der Waals surface area contributed by atoms with Crippen LogP contribution in [0.2, 0.25) is 0 Å². The first kappa shape index (κ1) is 16.8. The topological polar surface area (TPSA) is 70.4 Å². The van der Waals surface area contributed by atoms with Crippen LogP contribution < -0.4 is 5.32 Å². The third-order valence-corrected chi connectivity index (χ3v) is 4.63. The van der Waals surface area contributed by atoms with Crippen LogP contribution >= 0.6 is 0 Å². The van der Waals surface area contributed by atoms with Gasteiger partial charge < -0.3 is 15.3 Å². The van der Waals surface area contributed by atoms with Crippen LogP contribution in [0.15, 0.2) is 6.20 Å². The van der Waals surface area contributed by atoms with E-state index in [9.17, 15) is 9.90 Å². The number of aryl methyl sites for hydroxylation is 1. The molecule has 2 atom stereocenters. The van der Waals surface area contributed by atoms with Crippen molar-refractivity contribution < 1.29 is 9.90 Å². The molecule has 0 bridgehead atoms. The van der Waals surface area contributed by atoms with Crippen molar-refractivity contribution in [2.75, 3.05) is 18.5 Å². The van der Waals surface area contributed by atoms with Gasteiger partial charge in [-0.3, -0.25) is 4.68 Å². The first-order valence-corrected chi connectivity index (χ1v) is 8.29. The van der Waals surface area contributed by atoms with Gasteiger partial charge in [-0.2, -0.15) is 5.10 Å². The van der Waals surface area contributed by atoms with Gasteiger partial charge in [-0.1, -0.05) is 20.3 Å². The predicted octanol–water partition coefficient (Wildman–Crippen LogP) is 2.62. The van der Waals surface area contributed by atoms with Crippen molar-refractivity contribution in [3.8, 4) is 0 Å². The molecule has 2 heterocycles. The minimum absolute atomic E-state index is 0.0172. The lowest BCUT2D eigenvalue weighted by Crippen LogP contribution is -2.51. The highest BCUT2D eigenvalue weighted by Crippen LogP contribution is 2.24. The summed E-state index contributed by atoms with van der Waals surface area (Å²) in [5.74, 6) is 0.331. The summed E-state index contributed by atoms with van der Waals surface area (Å²) < 4.78 is 1.93. The fraction of sp³-hybridized carbons (Fsp3) is 0.750. The fourth-order valence-corrected chi connectivity index (χ4v) is 3.07. The van der Waals surface area contributed by atoms with E-state index >= 15 is 0 Å². The number of amides is 2. The third kappa shape index (κ3) is 3.61. The Bertz CT molecular complexity index is 500. The molecule has 0 aliphatic carbocycles. The zero-order valence-corrected chi connectivity index (χ0v) is 13.9. The van der Waals surface area contributed by atoms with Gasteiger partial charge in [0.05, 0.1) is 30.2 Å². The average Bonchev–Trinajstić information content (AvgIpc) is 2.85. The van der Waals surface area contributed by atoms with E-state index in [2.05, 4.69) is 24.3 Å². The van der Waals surface area contributed by atoms with E-state index in [1.807, 2.05) is 11.6 Å². The standard InChI is InChI=1S/C16H28N4O2/c1-4-5-9-20-13(3)14(10-17-20)18-16(22)19-8-6-7-12(2)15(19)11-21/h10,12,15,21H,4-9,11H2,1-3H3,(H,18,22). The van der Waals surface area contributed by atoms with Crippen molar-refractivity contribution in [3.05, 3.63) is 11.9 Å². The Labute approximate surface area is 132 Å². The molecule has 1 aromatic heterocycles. The highest BCUT2D eigenvalue weighted by atomic mass is 16.3. The summed E-state index contributed by atoms with van der Waals surface area (Å²) in [4.78, 5) is 14.3. The van der Waals surface area contributed by atoms with Crippen LogP contribution in [0.4, 0.5) is 10.5 Å². The lowest BCUT2D eigenvalue weighted by atomic mass is 9.91. The summed E-state index contributed by atoms with van der Waals surface area (Å²) in [6.45, 7) is 7.80. The molecule has 1 aliphatic heterocycles. The largest absolute Gasteiger partial charge is 0.394 e. The van der Waals surface area contributed by atoms with E-state index in [1.165, 1.54) is 0 Å². The molecule has 124 valence electrons. The number of unbranched alkanes of at least 4 members (excludes halogenated alkanes) is 1. The molecule has 1 aliphatic rings. The maximum Gasteiger partial charge on any atom is 0.322 e. The Morgan fingerprint density at radius 1 is 1.55 bits per heavy atom. The van der Waals surface area contributed by atoms with Crippen molar-refractivity contribution in [2.24, 2.45) is 5.92 Å². The van der Waals surface area contributed by atoms with Crippen LogP contribution in [0.3, 0.4) is 0 Å². The van der Waals surface area contributed by atoms with Crippen molar-refractivity contribution >= 4 is 11.7 Å². The molecule has 0 spiro atoms. The molecule has 0 saturated carbocycles. The highest BCUT2D eigenvalue weighted by molar-refractivity contribution is 5.90. The number of nitrogens with zero attached hydrogens (tertiary/aromatic N) is 3. The van der Waals surface area contributed by atoms with Gasteiger partial charge in [0.1, 0.15) is 0 Å². The first-order valence-electron chi connectivity index (χ1n) is 8.29. The van der Waals surface area contributed by atoms with Crippen LogP contribution in [-0.2, 0) is 6.54 Å². The molecule has 1 aromatic rings. The van der Waals surface area contributed by atoms with E-state index < -0.39 is 0 Å². The SMILES string of the molecule is CCCCn1ncc(NC(=O)N2CCCC(C)C2CO)c1C. The molecule has 1 saturated heterocycles. The van der Waals surface area contributed by atoms with Gasteiger partial charge in [0.15, 0.2) is 0 Å². The summed E-state index contributed by atoms with van der Waals surface area (Å²) in [5.41, 5.74) is 1.74. The van der Waals surface area contributed by atoms with E-state index in [1.54, 1.807) is 11.1 Å². The zero-order valence-electron chi connectivity index (χ0n) is 13.9. The number of anilines is 1. The number of aliphatic hydroxyl groups excluding tert-OH is 1. The molecule has 2 N–H and O–H groups in total. The molecule has 1 fully saturated rings. The maximum absolute atomic E-state index is 12.5. The monoisotopic (exact) mass is 308 g/mol. The number of hydrogen-bond acceptors (Lipinski definition) is 3. The van der Waals surface area contributed by atoms with Crippen LogP contribution in [0.5, 0.6) is 0 Å². The zero-order chi connectivity index (χ0) is 16.1. The third-order valence-electron chi connectivity index (χ3n) is 4.63. The van der Waals surface area contributed by atoms with Gasteiger partial charge in [0, 0.05) is 13.1 Å². The fourth-order valence-electron chi connectivity index (χ4n) is 3.07. The Hall–Kier alpha value is -1.56. The number of likely N-dealkylation sites (tertiary alicyclic amines) is 1. The molecular weight excluding hydrogens is 280 g/mol. The number of carbonyl (C=O) groups is 1. The quantitative estimate of drug-likeness (QED) is 0.878. The summed E-state index contributed by atoms with van der Waals surface area (Å²) in [6, 6.07) is -0.229. The van der Waals surface area contributed by atoms with Crippen LogP contribution in [0, 0.1) is 12.8 Å². The predicted molar refractivity (Wildman–Crippen MR) is 86.9 cm³/mol. The van der Waals surface area contributed by atoms with Gasteiger partial charge >= 0.3 is 6.03 Å². The van der Waals surface area contributed by atoms with Gasteiger partial charge in [-0.05, 0) is 32.1 Å². The average molecular weight is 308 g/mol. The maximum atomic E-state index is 12.5. The normalized spacial score (nSPS) is 21.9. The molecular formula is C16H28N4O2. The van der Waals surface area contributed by atoms with E-state index in [0.717, 1.165) is 43.6 Å². The van der Waals surface area contributed by atoms with E-state index in [-0.39, 0.29) is 18.7 Å². The second kappa shape index (κ2) is 7.63. The van der Waals surface area contributed by atoms with Gasteiger partial charge in [0.25, 0.3) is 0 Å². The van der Waals surface area contributed by atoms with Crippen molar-refractivity contribution in [2.45, 2.75) is 59.0 Å². The second-order valence-electron chi connectivity index (χ2n) is 6.21. The Kier molecular flexibility index (Phi) is 5.83. The lowest BCUT2D eigenvalue weighted by molar-refractivity contribution is 0.0811. The second-order valence-corrected chi connectivity index (χ2v) is 6.21. The number of rotatable bonds is 5. The number of hydrogen-bond donors (Lipinski definition) is 2. The lowest BCUT2D eigenvalue weighted by Gasteiger charge is -2.38. The highest BCUT2D eigenvalue weighted by Gasteiger charge is 2.31. The number of aromatic nitrogens is 2. The molecule has 2 rings (SSSR count). The first-order chi connectivity index (χ1) is 10.6. The van der Waals surface area contributed by atoms with E-state index in [0.29, 0.717) is 12.5 Å². The van der Waals surface area contributed by atoms with Crippen LogP contribution in [0.1, 0.15) is 45.2 Å². The van der Waals surface area contributed by atoms with Crippen LogP contribution in [0.25, 0.3) is 0 Å². The smallest absolute Gasteiger partial charge is 0.322 e. The Morgan fingerprint density at radius 3 is 3.00 bits per heavy atom. The number of urea groups is 1.